The summed E-state index contributed by atoms with van der Waals surface area (Å²) in [5, 5.41) is 4.00. The summed E-state index contributed by atoms with van der Waals surface area (Å²) in [6, 6.07) is 14.2. The van der Waals surface area contributed by atoms with Gasteiger partial charge in [0.1, 0.15) is 5.75 Å². The van der Waals surface area contributed by atoms with E-state index in [1.54, 1.807) is 7.11 Å². The number of halogens is 1. The van der Waals surface area contributed by atoms with Crippen molar-refractivity contribution in [1.29, 1.82) is 0 Å². The second-order valence-corrected chi connectivity index (χ2v) is 4.86. The van der Waals surface area contributed by atoms with Crippen molar-refractivity contribution in [3.63, 3.8) is 0 Å². The van der Waals surface area contributed by atoms with Crippen LogP contribution in [0.4, 0.5) is 5.69 Å². The van der Waals surface area contributed by atoms with Crippen molar-refractivity contribution in [3.05, 3.63) is 58.6 Å². The Hall–Kier alpha value is -1.67. The van der Waals surface area contributed by atoms with E-state index in [-0.39, 0.29) is 0 Å². The van der Waals surface area contributed by atoms with Gasteiger partial charge in [-0.15, -0.1) is 0 Å². The summed E-state index contributed by atoms with van der Waals surface area (Å²) in [4.78, 5) is 0. The molecular formula is C16H18ClNO. The van der Waals surface area contributed by atoms with Gasteiger partial charge in [-0.2, -0.15) is 0 Å². The van der Waals surface area contributed by atoms with Crippen LogP contribution in [-0.2, 0) is 6.42 Å². The molecule has 100 valence electrons. The van der Waals surface area contributed by atoms with Gasteiger partial charge in [0.25, 0.3) is 0 Å². The predicted molar refractivity (Wildman–Crippen MR) is 81.4 cm³/mol. The van der Waals surface area contributed by atoms with Crippen molar-refractivity contribution < 1.29 is 4.74 Å². The van der Waals surface area contributed by atoms with Crippen LogP contribution in [0.3, 0.4) is 0 Å². The molecule has 3 heteroatoms. The van der Waals surface area contributed by atoms with E-state index in [0.717, 1.165) is 18.7 Å². The highest BCUT2D eigenvalue weighted by Gasteiger charge is 2.02. The number of hydrogen-bond acceptors (Lipinski definition) is 2. The van der Waals surface area contributed by atoms with E-state index in [0.29, 0.717) is 10.8 Å². The molecule has 0 radical (unpaired) electrons. The Morgan fingerprint density at radius 1 is 1.16 bits per heavy atom. The zero-order chi connectivity index (χ0) is 13.7. The summed E-state index contributed by atoms with van der Waals surface area (Å²) in [7, 11) is 1.62. The molecule has 0 aromatic heterocycles. The maximum atomic E-state index is 6.09. The van der Waals surface area contributed by atoms with Gasteiger partial charge >= 0.3 is 0 Å². The fourth-order valence-corrected chi connectivity index (χ4v) is 2.27. The molecule has 0 amide bonds. The predicted octanol–water partition coefficient (Wildman–Crippen LogP) is 4.31. The average molecular weight is 276 g/mol. The van der Waals surface area contributed by atoms with Crippen molar-refractivity contribution in [2.24, 2.45) is 0 Å². The van der Waals surface area contributed by atoms with E-state index < -0.39 is 0 Å². The lowest BCUT2D eigenvalue weighted by atomic mass is 10.1. The van der Waals surface area contributed by atoms with Crippen molar-refractivity contribution >= 4 is 17.3 Å². The summed E-state index contributed by atoms with van der Waals surface area (Å²) in [6.07, 6.45) is 0.996. The first-order valence-electron chi connectivity index (χ1n) is 6.32. The number of anilines is 1. The fourth-order valence-electron chi connectivity index (χ4n) is 2.01. The number of aryl methyl sites for hydroxylation is 1. The first-order chi connectivity index (χ1) is 9.20. The lowest BCUT2D eigenvalue weighted by Crippen LogP contribution is -2.05. The van der Waals surface area contributed by atoms with Gasteiger partial charge in [0.05, 0.1) is 12.1 Å². The second kappa shape index (κ2) is 6.48. The molecule has 0 atom stereocenters. The number of nitrogens with one attached hydrogen (secondary N) is 1. The largest absolute Gasteiger partial charge is 0.495 e. The third kappa shape index (κ3) is 3.65. The van der Waals surface area contributed by atoms with Crippen LogP contribution in [0.15, 0.2) is 42.5 Å². The van der Waals surface area contributed by atoms with Crippen LogP contribution >= 0.6 is 11.6 Å². The summed E-state index contributed by atoms with van der Waals surface area (Å²) in [5.74, 6) is 0.700. The molecule has 2 aromatic carbocycles. The molecule has 2 rings (SSSR count). The molecule has 0 heterocycles. The molecule has 0 aliphatic heterocycles. The van der Waals surface area contributed by atoms with Crippen LogP contribution in [-0.4, -0.2) is 13.7 Å². The van der Waals surface area contributed by atoms with Crippen LogP contribution < -0.4 is 10.1 Å². The van der Waals surface area contributed by atoms with E-state index >= 15 is 0 Å². The minimum Gasteiger partial charge on any atom is -0.495 e. The lowest BCUT2D eigenvalue weighted by Gasteiger charge is -2.10. The van der Waals surface area contributed by atoms with Gasteiger partial charge in [0.2, 0.25) is 0 Å². The topological polar surface area (TPSA) is 21.3 Å². The third-order valence-corrected chi connectivity index (χ3v) is 3.43. The number of methoxy groups -OCH3 is 1. The number of ether oxygens (including phenoxy) is 1. The molecule has 2 nitrogen and oxygen atoms in total. The highest BCUT2D eigenvalue weighted by atomic mass is 35.5. The average Bonchev–Trinajstić information content (AvgIpc) is 2.41. The summed E-state index contributed by atoms with van der Waals surface area (Å²) in [6.45, 7) is 3.02. The summed E-state index contributed by atoms with van der Waals surface area (Å²) < 4.78 is 5.13. The first-order valence-corrected chi connectivity index (χ1v) is 6.70. The Balaban J connectivity index is 1.93. The fraction of sp³-hybridized carbons (Fsp3) is 0.250. The van der Waals surface area contributed by atoms with E-state index in [1.165, 1.54) is 11.1 Å². The van der Waals surface area contributed by atoms with Crippen molar-refractivity contribution in [2.45, 2.75) is 13.3 Å². The molecule has 2 aromatic rings. The van der Waals surface area contributed by atoms with Crippen molar-refractivity contribution in [1.82, 2.24) is 0 Å². The summed E-state index contributed by atoms with van der Waals surface area (Å²) in [5.41, 5.74) is 3.71. The lowest BCUT2D eigenvalue weighted by molar-refractivity contribution is 0.415. The quantitative estimate of drug-likeness (QED) is 0.878. The highest BCUT2D eigenvalue weighted by Crippen LogP contribution is 2.27. The Kier molecular flexibility index (Phi) is 4.69. The Bertz CT molecular complexity index is 554. The third-order valence-electron chi connectivity index (χ3n) is 3.14. The van der Waals surface area contributed by atoms with Gasteiger partial charge in [-0.3, -0.25) is 0 Å². The standard InChI is InChI=1S/C16H18ClNO/c1-12-5-3-4-6-13(12)9-10-18-14-7-8-16(19-2)15(17)11-14/h3-8,11,18H,9-10H2,1-2H3. The van der Waals surface area contributed by atoms with Crippen LogP contribution in [0.25, 0.3) is 0 Å². The van der Waals surface area contributed by atoms with E-state index in [9.17, 15) is 0 Å². The molecule has 0 bridgehead atoms. The minimum atomic E-state index is 0.628. The van der Waals surface area contributed by atoms with Gasteiger partial charge in [-0.05, 0) is 42.7 Å². The van der Waals surface area contributed by atoms with Gasteiger partial charge < -0.3 is 10.1 Å². The minimum absolute atomic E-state index is 0.628. The zero-order valence-corrected chi connectivity index (χ0v) is 12.0. The normalized spacial score (nSPS) is 10.3. The van der Waals surface area contributed by atoms with Crippen molar-refractivity contribution in [2.75, 3.05) is 19.0 Å². The van der Waals surface area contributed by atoms with Gasteiger partial charge in [0, 0.05) is 12.2 Å². The monoisotopic (exact) mass is 275 g/mol. The van der Waals surface area contributed by atoms with Crippen LogP contribution in [0.1, 0.15) is 11.1 Å². The molecule has 0 unspecified atom stereocenters. The molecule has 19 heavy (non-hydrogen) atoms. The molecule has 0 saturated carbocycles. The number of rotatable bonds is 5. The smallest absolute Gasteiger partial charge is 0.137 e. The maximum Gasteiger partial charge on any atom is 0.137 e. The van der Waals surface area contributed by atoms with Crippen molar-refractivity contribution in [3.8, 4) is 5.75 Å². The first kappa shape index (κ1) is 13.8. The Morgan fingerprint density at radius 2 is 1.95 bits per heavy atom. The molecule has 1 N–H and O–H groups in total. The van der Waals surface area contributed by atoms with Gasteiger partial charge in [0.15, 0.2) is 0 Å². The molecule has 0 saturated heterocycles. The van der Waals surface area contributed by atoms with E-state index in [4.69, 9.17) is 16.3 Å². The zero-order valence-electron chi connectivity index (χ0n) is 11.2. The van der Waals surface area contributed by atoms with Crippen LogP contribution in [0.2, 0.25) is 5.02 Å². The second-order valence-electron chi connectivity index (χ2n) is 4.45. The molecule has 0 spiro atoms. The van der Waals surface area contributed by atoms with Gasteiger partial charge in [-0.1, -0.05) is 35.9 Å². The summed E-state index contributed by atoms with van der Waals surface area (Å²) >= 11 is 6.09. The Labute approximate surface area is 119 Å². The SMILES string of the molecule is COc1ccc(NCCc2ccccc2C)cc1Cl. The maximum absolute atomic E-state index is 6.09. The van der Waals surface area contributed by atoms with E-state index in [1.807, 2.05) is 18.2 Å². The van der Waals surface area contributed by atoms with Crippen LogP contribution in [0, 0.1) is 6.92 Å². The molecule has 0 aliphatic rings. The van der Waals surface area contributed by atoms with E-state index in [2.05, 4.69) is 36.5 Å². The molecule has 0 fully saturated rings. The van der Waals surface area contributed by atoms with Crippen LogP contribution in [0.5, 0.6) is 5.75 Å². The Morgan fingerprint density at radius 3 is 2.63 bits per heavy atom. The molecular weight excluding hydrogens is 258 g/mol. The number of benzene rings is 2. The highest BCUT2D eigenvalue weighted by molar-refractivity contribution is 6.32. The van der Waals surface area contributed by atoms with Gasteiger partial charge in [-0.25, -0.2) is 0 Å². The molecule has 0 aliphatic carbocycles. The number of hydrogen-bond donors (Lipinski definition) is 1.